The van der Waals surface area contributed by atoms with Crippen LogP contribution in [0, 0.1) is 12.8 Å². The van der Waals surface area contributed by atoms with Gasteiger partial charge in [-0.15, -0.1) is 11.3 Å². The van der Waals surface area contributed by atoms with Crippen molar-refractivity contribution in [1.29, 1.82) is 0 Å². The number of carbonyl (C=O) groups is 1. The minimum Gasteiger partial charge on any atom is -0.497 e. The summed E-state index contributed by atoms with van der Waals surface area (Å²) >= 11 is 1.31. The predicted molar refractivity (Wildman–Crippen MR) is 130 cm³/mol. The first kappa shape index (κ1) is 24.4. The zero-order valence-corrected chi connectivity index (χ0v) is 21.2. The molecule has 1 aromatic carbocycles. The topological polar surface area (TPSA) is 115 Å². The number of amides is 1. The van der Waals surface area contributed by atoms with Crippen LogP contribution >= 0.6 is 11.3 Å². The van der Waals surface area contributed by atoms with Crippen LogP contribution in [0.15, 0.2) is 39.8 Å². The maximum atomic E-state index is 13.5. The number of ether oxygens (including phenoxy) is 1. The van der Waals surface area contributed by atoms with Gasteiger partial charge < -0.3 is 14.6 Å². The van der Waals surface area contributed by atoms with E-state index in [1.165, 1.54) is 15.6 Å². The molecule has 0 radical (unpaired) electrons. The second kappa shape index (κ2) is 9.85. The molecule has 1 saturated heterocycles. The Balaban J connectivity index is 1.51. The summed E-state index contributed by atoms with van der Waals surface area (Å²) in [6.07, 6.45) is 1.23. The zero-order valence-electron chi connectivity index (χ0n) is 19.6. The molecular formula is C23H28N4O5S2. The van der Waals surface area contributed by atoms with Gasteiger partial charge in [-0.2, -0.15) is 9.29 Å². The maximum Gasteiger partial charge on any atom is 0.244 e. The number of hydrogen-bond donors (Lipinski definition) is 1. The number of anilines is 1. The molecule has 0 bridgehead atoms. The molecule has 1 aliphatic heterocycles. The molecule has 34 heavy (non-hydrogen) atoms. The quantitative estimate of drug-likeness (QED) is 0.511. The van der Waals surface area contributed by atoms with Crippen LogP contribution in [-0.4, -0.2) is 49.0 Å². The molecule has 3 heterocycles. The summed E-state index contributed by atoms with van der Waals surface area (Å²) in [6.45, 7) is 6.16. The van der Waals surface area contributed by atoms with E-state index >= 15 is 0 Å². The molecule has 4 rings (SSSR count). The van der Waals surface area contributed by atoms with Crippen molar-refractivity contribution in [3.05, 3.63) is 41.1 Å². The molecule has 0 aliphatic carbocycles. The average Bonchev–Trinajstić information content (AvgIpc) is 3.47. The number of aromatic nitrogens is 2. The fourth-order valence-corrected chi connectivity index (χ4v) is 6.87. The lowest BCUT2D eigenvalue weighted by Crippen LogP contribution is -2.43. The van der Waals surface area contributed by atoms with Gasteiger partial charge in [0.15, 0.2) is 0 Å². The van der Waals surface area contributed by atoms with E-state index in [1.54, 1.807) is 44.4 Å². The minimum atomic E-state index is -3.78. The summed E-state index contributed by atoms with van der Waals surface area (Å²) in [6, 6.07) is 8.69. The van der Waals surface area contributed by atoms with Crippen LogP contribution in [-0.2, 0) is 14.8 Å². The van der Waals surface area contributed by atoms with Crippen LogP contribution < -0.4 is 10.1 Å². The van der Waals surface area contributed by atoms with Crippen molar-refractivity contribution in [2.75, 3.05) is 25.5 Å². The zero-order chi connectivity index (χ0) is 24.5. The molecule has 11 heteroatoms. The van der Waals surface area contributed by atoms with Gasteiger partial charge in [-0.3, -0.25) is 4.79 Å². The number of hydrogen-bond acceptors (Lipinski definition) is 8. The van der Waals surface area contributed by atoms with Gasteiger partial charge in [0.1, 0.15) is 5.75 Å². The van der Waals surface area contributed by atoms with Crippen molar-refractivity contribution in [2.45, 2.75) is 44.4 Å². The number of carbonyl (C=O) groups excluding carboxylic acids is 1. The fraction of sp³-hybridized carbons (Fsp3) is 0.435. The van der Waals surface area contributed by atoms with Crippen molar-refractivity contribution in [3.8, 4) is 16.5 Å². The summed E-state index contributed by atoms with van der Waals surface area (Å²) in [4.78, 5) is 18.8. The second-order valence-corrected chi connectivity index (χ2v) is 11.7. The minimum absolute atomic E-state index is 0.0823. The highest BCUT2D eigenvalue weighted by molar-refractivity contribution is 7.89. The van der Waals surface area contributed by atoms with E-state index < -0.39 is 15.9 Å². The van der Waals surface area contributed by atoms with Gasteiger partial charge in [0.25, 0.3) is 0 Å². The number of rotatable bonds is 7. The van der Waals surface area contributed by atoms with Crippen LogP contribution in [0.2, 0.25) is 0 Å². The number of methoxy groups -OCH3 is 1. The first-order valence-electron chi connectivity index (χ1n) is 11.1. The summed E-state index contributed by atoms with van der Waals surface area (Å²) in [5.74, 6) is 0.956. The number of thiophene rings is 1. The van der Waals surface area contributed by atoms with E-state index in [9.17, 15) is 13.2 Å². The third-order valence-electron chi connectivity index (χ3n) is 5.74. The van der Waals surface area contributed by atoms with Gasteiger partial charge >= 0.3 is 0 Å². The lowest BCUT2D eigenvalue weighted by Gasteiger charge is -2.31. The lowest BCUT2D eigenvalue weighted by atomic mass is 9.98. The van der Waals surface area contributed by atoms with Gasteiger partial charge in [0.2, 0.25) is 27.6 Å². The number of piperidine rings is 1. The summed E-state index contributed by atoms with van der Waals surface area (Å²) in [7, 11) is -2.22. The molecule has 1 aliphatic rings. The van der Waals surface area contributed by atoms with Crippen LogP contribution in [0.5, 0.6) is 5.75 Å². The third kappa shape index (κ3) is 5.01. The smallest absolute Gasteiger partial charge is 0.244 e. The van der Waals surface area contributed by atoms with Gasteiger partial charge in [-0.05, 0) is 38.0 Å². The lowest BCUT2D eigenvalue weighted by molar-refractivity contribution is -0.120. The van der Waals surface area contributed by atoms with Crippen molar-refractivity contribution < 1.29 is 22.5 Å². The standard InChI is InChI=1S/C23H28N4O5S2/c1-14(2)23-25-21(26-32-23)19-12-20(15(3)33-19)34(29,30)27-10-6-7-16(13-27)22(28)24-17-8-5-9-18(11-17)31-4/h5,8-9,11-12,14,16H,6-7,10,13H2,1-4H3,(H,24,28)/t16-/m1/s1. The molecule has 1 fully saturated rings. The highest BCUT2D eigenvalue weighted by Crippen LogP contribution is 2.35. The molecule has 1 atom stereocenters. The number of nitrogens with one attached hydrogen (secondary N) is 1. The van der Waals surface area contributed by atoms with E-state index in [0.717, 1.165) is 0 Å². The highest BCUT2D eigenvalue weighted by Gasteiger charge is 2.35. The number of aryl methyl sites for hydroxylation is 1. The van der Waals surface area contributed by atoms with Crippen LogP contribution in [0.25, 0.3) is 10.7 Å². The number of nitrogens with zero attached hydrogens (tertiary/aromatic N) is 3. The van der Waals surface area contributed by atoms with E-state index in [-0.39, 0.29) is 23.3 Å². The second-order valence-electron chi connectivity index (χ2n) is 8.57. The monoisotopic (exact) mass is 504 g/mol. The fourth-order valence-electron chi connectivity index (χ4n) is 3.86. The molecule has 182 valence electrons. The SMILES string of the molecule is COc1cccc(NC(=O)[C@@H]2CCCN(S(=O)(=O)c3cc(-c4noc(C(C)C)n4)sc3C)C2)c1. The van der Waals surface area contributed by atoms with Crippen molar-refractivity contribution >= 4 is 33.0 Å². The Hall–Kier alpha value is -2.76. The predicted octanol–water partition coefficient (Wildman–Crippen LogP) is 4.28. The normalized spacial score (nSPS) is 17.1. The van der Waals surface area contributed by atoms with E-state index in [4.69, 9.17) is 9.26 Å². The Kier molecular flexibility index (Phi) is 7.06. The summed E-state index contributed by atoms with van der Waals surface area (Å²) in [5, 5.41) is 6.88. The Morgan fingerprint density at radius 3 is 2.82 bits per heavy atom. The summed E-state index contributed by atoms with van der Waals surface area (Å²) < 4.78 is 38.9. The van der Waals surface area contributed by atoms with E-state index in [2.05, 4.69) is 15.5 Å². The Bertz CT molecular complexity index is 1280. The summed E-state index contributed by atoms with van der Waals surface area (Å²) in [5.41, 5.74) is 0.614. The van der Waals surface area contributed by atoms with Gasteiger partial charge in [-0.1, -0.05) is 25.1 Å². The van der Waals surface area contributed by atoms with Gasteiger partial charge in [0.05, 0.1) is 22.8 Å². The van der Waals surface area contributed by atoms with Gasteiger partial charge in [-0.25, -0.2) is 8.42 Å². The van der Waals surface area contributed by atoms with Crippen molar-refractivity contribution in [2.24, 2.45) is 5.92 Å². The molecule has 2 aromatic heterocycles. The first-order valence-corrected chi connectivity index (χ1v) is 13.3. The van der Waals surface area contributed by atoms with Gasteiger partial charge in [0, 0.05) is 35.6 Å². The maximum absolute atomic E-state index is 13.5. The average molecular weight is 505 g/mol. The molecule has 1 amide bonds. The molecule has 3 aromatic rings. The highest BCUT2D eigenvalue weighted by atomic mass is 32.2. The third-order valence-corrected chi connectivity index (χ3v) is 8.91. The van der Waals surface area contributed by atoms with Crippen molar-refractivity contribution in [1.82, 2.24) is 14.4 Å². The Morgan fingerprint density at radius 1 is 1.32 bits per heavy atom. The molecule has 0 saturated carbocycles. The van der Waals surface area contributed by atoms with Crippen molar-refractivity contribution in [3.63, 3.8) is 0 Å². The number of benzene rings is 1. The van der Waals surface area contributed by atoms with E-state index in [1.807, 2.05) is 13.8 Å². The molecule has 9 nitrogen and oxygen atoms in total. The number of sulfonamides is 1. The molecular weight excluding hydrogens is 476 g/mol. The van der Waals surface area contributed by atoms with Crippen LogP contribution in [0.1, 0.15) is 43.4 Å². The Morgan fingerprint density at radius 2 is 2.12 bits per heavy atom. The Labute approximate surface area is 203 Å². The molecule has 1 N–H and O–H groups in total. The first-order chi connectivity index (χ1) is 16.2. The largest absolute Gasteiger partial charge is 0.497 e. The van der Waals surface area contributed by atoms with Crippen LogP contribution in [0.4, 0.5) is 5.69 Å². The molecule has 0 unspecified atom stereocenters. The van der Waals surface area contributed by atoms with E-state index in [0.29, 0.717) is 52.3 Å². The van der Waals surface area contributed by atoms with Crippen LogP contribution in [0.3, 0.4) is 0 Å². The molecule has 0 spiro atoms.